The van der Waals surface area contributed by atoms with Crippen LogP contribution in [0.15, 0.2) is 61.1 Å². The number of methoxy groups -OCH3 is 1. The molecule has 7 nitrogen and oxygen atoms in total. The number of benzene rings is 1. The molecule has 1 aliphatic heterocycles. The molecule has 1 aliphatic rings. The van der Waals surface area contributed by atoms with Crippen LogP contribution in [0.1, 0.15) is 23.5 Å². The lowest BCUT2D eigenvalue weighted by Gasteiger charge is -2.18. The lowest BCUT2D eigenvalue weighted by atomic mass is 9.98. The summed E-state index contributed by atoms with van der Waals surface area (Å²) in [6.45, 7) is 1.95. The van der Waals surface area contributed by atoms with E-state index in [-0.39, 0.29) is 6.03 Å². The smallest absolute Gasteiger partial charge is 0.317 e. The molecule has 3 heterocycles. The maximum atomic E-state index is 12.6. The van der Waals surface area contributed by atoms with Crippen LogP contribution >= 0.6 is 0 Å². The van der Waals surface area contributed by atoms with Gasteiger partial charge in [0.15, 0.2) is 5.82 Å². The highest BCUT2D eigenvalue weighted by Gasteiger charge is 2.27. The van der Waals surface area contributed by atoms with Gasteiger partial charge in [0, 0.05) is 44.1 Å². The summed E-state index contributed by atoms with van der Waals surface area (Å²) in [5.74, 6) is 1.95. The van der Waals surface area contributed by atoms with Crippen LogP contribution in [0.3, 0.4) is 0 Å². The second-order valence-electron chi connectivity index (χ2n) is 6.84. The number of hydrogen-bond acceptors (Lipinski definition) is 4. The van der Waals surface area contributed by atoms with Gasteiger partial charge in [0.1, 0.15) is 5.75 Å². The van der Waals surface area contributed by atoms with E-state index in [1.165, 1.54) is 5.56 Å². The Morgan fingerprint density at radius 2 is 2.11 bits per heavy atom. The van der Waals surface area contributed by atoms with Gasteiger partial charge < -0.3 is 15.0 Å². The molecule has 144 valence electrons. The van der Waals surface area contributed by atoms with E-state index in [9.17, 15) is 4.79 Å². The highest BCUT2D eigenvalue weighted by atomic mass is 16.5. The minimum Gasteiger partial charge on any atom is -0.497 e. The predicted octanol–water partition coefficient (Wildman–Crippen LogP) is 2.98. The van der Waals surface area contributed by atoms with Crippen LogP contribution in [-0.2, 0) is 6.54 Å². The fourth-order valence-electron chi connectivity index (χ4n) is 3.48. The molecule has 0 saturated carbocycles. The Morgan fingerprint density at radius 3 is 2.86 bits per heavy atom. The van der Waals surface area contributed by atoms with Gasteiger partial charge in [-0.25, -0.2) is 14.5 Å². The van der Waals surface area contributed by atoms with Crippen LogP contribution in [0.25, 0.3) is 5.82 Å². The molecular formula is C21H23N5O2. The normalized spacial score (nSPS) is 16.2. The average molecular weight is 377 g/mol. The topological polar surface area (TPSA) is 72.3 Å². The highest BCUT2D eigenvalue weighted by Crippen LogP contribution is 2.28. The maximum Gasteiger partial charge on any atom is 0.317 e. The molecule has 1 unspecified atom stereocenters. The second-order valence-corrected chi connectivity index (χ2v) is 6.84. The molecule has 1 aromatic carbocycles. The summed E-state index contributed by atoms with van der Waals surface area (Å²) in [6, 6.07) is 13.8. The zero-order valence-electron chi connectivity index (χ0n) is 15.8. The number of aromatic nitrogens is 3. The van der Waals surface area contributed by atoms with Crippen LogP contribution in [0.5, 0.6) is 5.75 Å². The average Bonchev–Trinajstić information content (AvgIpc) is 3.45. The first-order chi connectivity index (χ1) is 13.7. The van der Waals surface area contributed by atoms with Crippen LogP contribution in [0, 0.1) is 0 Å². The number of nitrogens with one attached hydrogen (secondary N) is 1. The molecule has 1 N–H and O–H groups in total. The van der Waals surface area contributed by atoms with Gasteiger partial charge >= 0.3 is 6.03 Å². The number of likely N-dealkylation sites (tertiary alicyclic amines) is 1. The molecule has 0 spiro atoms. The lowest BCUT2D eigenvalue weighted by Crippen LogP contribution is -2.38. The van der Waals surface area contributed by atoms with E-state index in [1.54, 1.807) is 24.2 Å². The number of carbonyl (C=O) groups is 1. The van der Waals surface area contributed by atoms with Crippen LogP contribution < -0.4 is 10.1 Å². The number of carbonyl (C=O) groups excluding carboxylic acids is 1. The van der Waals surface area contributed by atoms with Gasteiger partial charge in [-0.05, 0) is 47.9 Å². The summed E-state index contributed by atoms with van der Waals surface area (Å²) >= 11 is 0. The van der Waals surface area contributed by atoms with Gasteiger partial charge in [0.05, 0.1) is 7.11 Å². The Labute approximate surface area is 164 Å². The minimum absolute atomic E-state index is 0.0338. The van der Waals surface area contributed by atoms with E-state index in [1.807, 2.05) is 41.4 Å². The third-order valence-corrected chi connectivity index (χ3v) is 5.06. The summed E-state index contributed by atoms with van der Waals surface area (Å²) < 4.78 is 6.91. The zero-order valence-corrected chi connectivity index (χ0v) is 15.8. The molecule has 2 amide bonds. The van der Waals surface area contributed by atoms with E-state index < -0.39 is 0 Å². The van der Waals surface area contributed by atoms with Crippen LogP contribution in [-0.4, -0.2) is 45.9 Å². The van der Waals surface area contributed by atoms with Crippen molar-refractivity contribution in [1.29, 1.82) is 0 Å². The maximum absolute atomic E-state index is 12.6. The summed E-state index contributed by atoms with van der Waals surface area (Å²) in [6.07, 6.45) is 6.25. The molecular weight excluding hydrogens is 354 g/mol. The van der Waals surface area contributed by atoms with Crippen LogP contribution in [0.2, 0.25) is 0 Å². The highest BCUT2D eigenvalue weighted by molar-refractivity contribution is 5.74. The van der Waals surface area contributed by atoms with Crippen molar-refractivity contribution in [2.45, 2.75) is 18.9 Å². The number of hydrogen-bond donors (Lipinski definition) is 1. The molecule has 3 aromatic rings. The SMILES string of the molecule is COc1ccc(C2CCN(C(=O)NCc3ccnc(-n4cccn4)c3)C2)cc1. The molecule has 2 aromatic heterocycles. The first-order valence-corrected chi connectivity index (χ1v) is 9.34. The van der Waals surface area contributed by atoms with Crippen molar-refractivity contribution in [3.05, 3.63) is 72.2 Å². The van der Waals surface area contributed by atoms with Crippen molar-refractivity contribution < 1.29 is 9.53 Å². The number of nitrogens with zero attached hydrogens (tertiary/aromatic N) is 4. The van der Waals surface area contributed by atoms with Crippen molar-refractivity contribution in [3.63, 3.8) is 0 Å². The van der Waals surface area contributed by atoms with E-state index in [4.69, 9.17) is 4.74 Å². The van der Waals surface area contributed by atoms with Crippen molar-refractivity contribution in [1.82, 2.24) is 25.0 Å². The van der Waals surface area contributed by atoms with Gasteiger partial charge in [0.25, 0.3) is 0 Å². The molecule has 0 bridgehead atoms. The van der Waals surface area contributed by atoms with E-state index in [0.29, 0.717) is 12.5 Å². The summed E-state index contributed by atoms with van der Waals surface area (Å²) in [4.78, 5) is 18.8. The van der Waals surface area contributed by atoms with Crippen molar-refractivity contribution in [3.8, 4) is 11.6 Å². The third-order valence-electron chi connectivity index (χ3n) is 5.06. The van der Waals surface area contributed by atoms with Gasteiger partial charge in [-0.15, -0.1) is 0 Å². The number of amides is 2. The first-order valence-electron chi connectivity index (χ1n) is 9.34. The second kappa shape index (κ2) is 8.12. The van der Waals surface area contributed by atoms with E-state index >= 15 is 0 Å². The molecule has 0 aliphatic carbocycles. The summed E-state index contributed by atoms with van der Waals surface area (Å²) in [5, 5.41) is 7.20. The Kier molecular flexibility index (Phi) is 5.23. The molecule has 1 fully saturated rings. The lowest BCUT2D eigenvalue weighted by molar-refractivity contribution is 0.208. The van der Waals surface area contributed by atoms with Gasteiger partial charge in [0.2, 0.25) is 0 Å². The van der Waals surface area contributed by atoms with E-state index in [0.717, 1.165) is 36.6 Å². The largest absolute Gasteiger partial charge is 0.497 e. The Morgan fingerprint density at radius 1 is 1.25 bits per heavy atom. The minimum atomic E-state index is -0.0338. The Bertz CT molecular complexity index is 924. The summed E-state index contributed by atoms with van der Waals surface area (Å²) in [5.41, 5.74) is 2.23. The van der Waals surface area contributed by atoms with Crippen LogP contribution in [0.4, 0.5) is 4.79 Å². The molecule has 0 radical (unpaired) electrons. The number of rotatable bonds is 5. The predicted molar refractivity (Wildman–Crippen MR) is 106 cm³/mol. The third kappa shape index (κ3) is 3.98. The molecule has 7 heteroatoms. The number of pyridine rings is 1. The monoisotopic (exact) mass is 377 g/mol. The molecule has 1 saturated heterocycles. The first kappa shape index (κ1) is 18.0. The standard InChI is InChI=1S/C21H23N5O2/c1-28-19-5-3-17(4-6-19)18-8-12-25(15-18)21(27)23-14-16-7-10-22-20(13-16)26-11-2-9-24-26/h2-7,9-11,13,18H,8,12,14-15H2,1H3,(H,23,27). The molecule has 28 heavy (non-hydrogen) atoms. The van der Waals surface area contributed by atoms with Crippen molar-refractivity contribution in [2.24, 2.45) is 0 Å². The Balaban J connectivity index is 1.32. The fourth-order valence-corrected chi connectivity index (χ4v) is 3.48. The molecule has 1 atom stereocenters. The van der Waals surface area contributed by atoms with Crippen molar-refractivity contribution >= 4 is 6.03 Å². The van der Waals surface area contributed by atoms with Gasteiger partial charge in [-0.3, -0.25) is 0 Å². The molecule has 4 rings (SSSR count). The Hall–Kier alpha value is -3.35. The van der Waals surface area contributed by atoms with E-state index in [2.05, 4.69) is 27.5 Å². The number of ether oxygens (including phenoxy) is 1. The number of urea groups is 1. The van der Waals surface area contributed by atoms with Gasteiger partial charge in [-0.1, -0.05) is 12.1 Å². The zero-order chi connectivity index (χ0) is 19.3. The summed E-state index contributed by atoms with van der Waals surface area (Å²) in [7, 11) is 1.66. The van der Waals surface area contributed by atoms with Gasteiger partial charge in [-0.2, -0.15) is 5.10 Å². The van der Waals surface area contributed by atoms with Crippen molar-refractivity contribution in [2.75, 3.05) is 20.2 Å². The fraction of sp³-hybridized carbons (Fsp3) is 0.286. The quantitative estimate of drug-likeness (QED) is 0.742.